The maximum absolute atomic E-state index is 13.2. The number of carboxylic acid groups (broad SMARTS) is 1. The van der Waals surface area contributed by atoms with E-state index in [1.54, 1.807) is 0 Å². The highest BCUT2D eigenvalue weighted by Crippen LogP contribution is 2.44. The van der Waals surface area contributed by atoms with Crippen molar-refractivity contribution in [1.29, 1.82) is 0 Å². The molecule has 2 fully saturated rings. The van der Waals surface area contributed by atoms with Crippen molar-refractivity contribution in [2.45, 2.75) is 62.9 Å². The van der Waals surface area contributed by atoms with Crippen LogP contribution in [0.2, 0.25) is 0 Å². The summed E-state index contributed by atoms with van der Waals surface area (Å²) in [5, 5.41) is 12.6. The van der Waals surface area contributed by atoms with Crippen LogP contribution < -0.4 is 5.32 Å². The van der Waals surface area contributed by atoms with Crippen LogP contribution in [0.25, 0.3) is 11.1 Å². The Morgan fingerprint density at radius 1 is 1.03 bits per heavy atom. The molecular formula is C28H32N2O5. The van der Waals surface area contributed by atoms with Crippen LogP contribution in [0, 0.1) is 5.92 Å². The van der Waals surface area contributed by atoms with Crippen LogP contribution in [-0.2, 0) is 14.3 Å². The number of nitrogens with zero attached hydrogens (tertiary/aromatic N) is 1. The smallest absolute Gasteiger partial charge is 0.407 e. The van der Waals surface area contributed by atoms with E-state index in [1.807, 2.05) is 31.2 Å². The fourth-order valence-electron chi connectivity index (χ4n) is 6.24. The van der Waals surface area contributed by atoms with E-state index in [-0.39, 0.29) is 30.8 Å². The predicted octanol–water partition coefficient (Wildman–Crippen LogP) is 4.55. The van der Waals surface area contributed by atoms with Crippen LogP contribution >= 0.6 is 0 Å². The lowest BCUT2D eigenvalue weighted by Crippen LogP contribution is -2.52. The number of fused-ring (bicyclic) bond motifs is 3. The third-order valence-electron chi connectivity index (χ3n) is 8.03. The second kappa shape index (κ2) is 9.36. The van der Waals surface area contributed by atoms with E-state index in [2.05, 4.69) is 29.6 Å². The quantitative estimate of drug-likeness (QED) is 0.638. The number of carbonyl (C=O) groups is 3. The number of benzene rings is 2. The van der Waals surface area contributed by atoms with Gasteiger partial charge in [-0.3, -0.25) is 4.79 Å². The average molecular weight is 477 g/mol. The van der Waals surface area contributed by atoms with Crippen LogP contribution in [0.5, 0.6) is 0 Å². The molecule has 7 heteroatoms. The summed E-state index contributed by atoms with van der Waals surface area (Å²) in [6.45, 7) is 2.53. The third-order valence-corrected chi connectivity index (χ3v) is 8.03. The van der Waals surface area contributed by atoms with Crippen molar-refractivity contribution in [1.82, 2.24) is 10.2 Å². The number of alkyl carbamates (subject to hydrolysis) is 1. The molecule has 2 amide bonds. The zero-order valence-corrected chi connectivity index (χ0v) is 20.0. The summed E-state index contributed by atoms with van der Waals surface area (Å²) in [7, 11) is 0. The number of hydrogen-bond acceptors (Lipinski definition) is 4. The minimum absolute atomic E-state index is 0.0308. The first-order valence-electron chi connectivity index (χ1n) is 12.5. The van der Waals surface area contributed by atoms with Crippen LogP contribution in [0.15, 0.2) is 48.5 Å². The van der Waals surface area contributed by atoms with Gasteiger partial charge in [0.05, 0.1) is 12.0 Å². The minimum Gasteiger partial charge on any atom is -0.480 e. The molecule has 1 saturated carbocycles. The Labute approximate surface area is 205 Å². The van der Waals surface area contributed by atoms with E-state index >= 15 is 0 Å². The Bertz CT molecular complexity index is 1090. The monoisotopic (exact) mass is 476 g/mol. The number of amides is 2. The van der Waals surface area contributed by atoms with Gasteiger partial charge in [-0.05, 0) is 47.4 Å². The second-order valence-electron chi connectivity index (χ2n) is 10.3. The van der Waals surface area contributed by atoms with Gasteiger partial charge >= 0.3 is 12.1 Å². The standard InChI is InChI=1S/C28H32N2O5/c1-18-12-15-30(25(18)26(32)33)24(31)16-28(13-6-7-14-28)29-27(34)35-17-23-21-10-4-2-8-19(21)20-9-3-5-11-22(20)23/h2-5,8-11,18,23,25H,6-7,12-17H2,1H3,(H,29,34)(H,32,33). The summed E-state index contributed by atoms with van der Waals surface area (Å²) in [6, 6.07) is 15.6. The van der Waals surface area contributed by atoms with Gasteiger partial charge in [0, 0.05) is 12.5 Å². The van der Waals surface area contributed by atoms with Crippen molar-refractivity contribution < 1.29 is 24.2 Å². The van der Waals surface area contributed by atoms with Gasteiger partial charge in [0.2, 0.25) is 5.91 Å². The Morgan fingerprint density at radius 2 is 1.63 bits per heavy atom. The molecule has 184 valence electrons. The van der Waals surface area contributed by atoms with Gasteiger partial charge in [0.25, 0.3) is 0 Å². The van der Waals surface area contributed by atoms with E-state index in [9.17, 15) is 19.5 Å². The van der Waals surface area contributed by atoms with Crippen molar-refractivity contribution >= 4 is 18.0 Å². The highest BCUT2D eigenvalue weighted by molar-refractivity contribution is 5.86. The molecule has 2 unspecified atom stereocenters. The molecule has 2 aromatic rings. The predicted molar refractivity (Wildman–Crippen MR) is 131 cm³/mol. The molecule has 1 aliphatic heterocycles. The molecule has 35 heavy (non-hydrogen) atoms. The number of aliphatic carboxylic acids is 1. The van der Waals surface area contributed by atoms with Crippen molar-refractivity contribution in [3.63, 3.8) is 0 Å². The van der Waals surface area contributed by atoms with E-state index in [0.29, 0.717) is 25.8 Å². The van der Waals surface area contributed by atoms with Gasteiger partial charge in [-0.25, -0.2) is 9.59 Å². The summed E-state index contributed by atoms with van der Waals surface area (Å²) in [4.78, 5) is 39.3. The maximum atomic E-state index is 13.2. The lowest BCUT2D eigenvalue weighted by Gasteiger charge is -2.32. The molecule has 2 aliphatic carbocycles. The number of hydrogen-bond donors (Lipinski definition) is 2. The van der Waals surface area contributed by atoms with E-state index < -0.39 is 23.6 Å². The van der Waals surface area contributed by atoms with E-state index in [4.69, 9.17) is 4.74 Å². The van der Waals surface area contributed by atoms with E-state index in [1.165, 1.54) is 16.0 Å². The Kier molecular flexibility index (Phi) is 6.26. The van der Waals surface area contributed by atoms with Crippen LogP contribution in [0.1, 0.15) is 62.5 Å². The number of carboxylic acids is 1. The Hall–Kier alpha value is -3.35. The Balaban J connectivity index is 1.26. The number of carbonyl (C=O) groups excluding carboxylic acids is 2. The molecule has 5 rings (SSSR count). The largest absolute Gasteiger partial charge is 0.480 e. The van der Waals surface area contributed by atoms with Gasteiger partial charge in [-0.15, -0.1) is 0 Å². The SMILES string of the molecule is CC1CCN(C(=O)CC2(NC(=O)OCC3c4ccccc4-c4ccccc43)CCCC2)C1C(=O)O. The molecule has 3 aliphatic rings. The Morgan fingerprint density at radius 3 is 2.23 bits per heavy atom. The normalized spacial score (nSPS) is 22.5. The molecule has 2 aromatic carbocycles. The third kappa shape index (κ3) is 4.40. The molecular weight excluding hydrogens is 444 g/mol. The van der Waals surface area contributed by atoms with E-state index in [0.717, 1.165) is 24.0 Å². The number of rotatable bonds is 6. The first kappa shape index (κ1) is 23.4. The summed E-state index contributed by atoms with van der Waals surface area (Å²) in [5.74, 6) is -1.28. The molecule has 2 N–H and O–H groups in total. The van der Waals surface area contributed by atoms with Crippen LogP contribution in [0.3, 0.4) is 0 Å². The van der Waals surface area contributed by atoms with Crippen molar-refractivity contribution in [2.24, 2.45) is 5.92 Å². The molecule has 0 radical (unpaired) electrons. The van der Waals surface area contributed by atoms with Gasteiger partial charge in [-0.1, -0.05) is 68.3 Å². The highest BCUT2D eigenvalue weighted by atomic mass is 16.5. The molecule has 0 spiro atoms. The molecule has 0 aromatic heterocycles. The van der Waals surface area contributed by atoms with Crippen molar-refractivity contribution in [3.8, 4) is 11.1 Å². The van der Waals surface area contributed by atoms with Crippen molar-refractivity contribution in [2.75, 3.05) is 13.2 Å². The van der Waals surface area contributed by atoms with Crippen molar-refractivity contribution in [3.05, 3.63) is 59.7 Å². The second-order valence-corrected chi connectivity index (χ2v) is 10.3. The fourth-order valence-corrected chi connectivity index (χ4v) is 6.24. The molecule has 1 heterocycles. The summed E-state index contributed by atoms with van der Waals surface area (Å²) in [6.07, 6.45) is 3.45. The maximum Gasteiger partial charge on any atom is 0.407 e. The number of nitrogens with one attached hydrogen (secondary N) is 1. The van der Waals surface area contributed by atoms with Gasteiger partial charge in [0.1, 0.15) is 12.6 Å². The first-order chi connectivity index (χ1) is 16.9. The van der Waals surface area contributed by atoms with Gasteiger partial charge in [0.15, 0.2) is 0 Å². The highest BCUT2D eigenvalue weighted by Gasteiger charge is 2.44. The summed E-state index contributed by atoms with van der Waals surface area (Å²) in [5.41, 5.74) is 3.95. The van der Waals surface area contributed by atoms with Gasteiger partial charge in [-0.2, -0.15) is 0 Å². The molecule has 0 bridgehead atoms. The zero-order valence-electron chi connectivity index (χ0n) is 20.0. The molecule has 1 saturated heterocycles. The number of likely N-dealkylation sites (tertiary alicyclic amines) is 1. The number of ether oxygens (including phenoxy) is 1. The first-order valence-corrected chi connectivity index (χ1v) is 12.5. The lowest BCUT2D eigenvalue weighted by molar-refractivity contribution is -0.150. The zero-order chi connectivity index (χ0) is 24.6. The minimum atomic E-state index is -0.965. The molecule has 7 nitrogen and oxygen atoms in total. The summed E-state index contributed by atoms with van der Waals surface area (Å²) < 4.78 is 5.74. The lowest BCUT2D eigenvalue weighted by atomic mass is 9.92. The topological polar surface area (TPSA) is 95.9 Å². The van der Waals surface area contributed by atoms with Crippen LogP contribution in [-0.4, -0.2) is 52.7 Å². The fraction of sp³-hybridized carbons (Fsp3) is 0.464. The van der Waals surface area contributed by atoms with Gasteiger partial charge < -0.3 is 20.1 Å². The molecule has 2 atom stereocenters. The average Bonchev–Trinajstić information content (AvgIpc) is 3.54. The van der Waals surface area contributed by atoms with Crippen LogP contribution in [0.4, 0.5) is 4.79 Å². The summed E-state index contributed by atoms with van der Waals surface area (Å²) >= 11 is 0.